The van der Waals surface area contributed by atoms with Crippen molar-refractivity contribution in [1.82, 2.24) is 19.9 Å². The number of aromatic nitrogens is 3. The van der Waals surface area contributed by atoms with Crippen LogP contribution in [0.4, 0.5) is 5.69 Å². The van der Waals surface area contributed by atoms with Crippen molar-refractivity contribution in [3.05, 3.63) is 42.7 Å². The molecule has 7 heteroatoms. The third-order valence-corrected chi connectivity index (χ3v) is 5.36. The van der Waals surface area contributed by atoms with Crippen LogP contribution in [-0.4, -0.2) is 64.7 Å². The average Bonchev–Trinajstić information content (AvgIpc) is 3.22. The Labute approximate surface area is 160 Å². The van der Waals surface area contributed by atoms with E-state index in [4.69, 9.17) is 4.74 Å². The molecule has 0 bridgehead atoms. The maximum absolute atomic E-state index is 12.9. The topological polar surface area (TPSA) is 63.5 Å². The minimum absolute atomic E-state index is 0.148. The first-order valence-corrected chi connectivity index (χ1v) is 9.62. The van der Waals surface area contributed by atoms with Gasteiger partial charge in [-0.25, -0.2) is 0 Å². The molecule has 3 rings (SSSR count). The van der Waals surface area contributed by atoms with E-state index in [1.165, 1.54) is 0 Å². The van der Waals surface area contributed by atoms with Gasteiger partial charge < -0.3 is 14.5 Å². The molecule has 27 heavy (non-hydrogen) atoms. The van der Waals surface area contributed by atoms with Crippen LogP contribution >= 0.6 is 0 Å². The molecule has 0 aliphatic carbocycles. The lowest BCUT2D eigenvalue weighted by Crippen LogP contribution is -2.60. The van der Waals surface area contributed by atoms with Crippen molar-refractivity contribution in [3.8, 4) is 0 Å². The highest BCUT2D eigenvalue weighted by Gasteiger charge is 2.42. The summed E-state index contributed by atoms with van der Waals surface area (Å²) in [5, 5.41) is 7.88. The first-order valence-electron chi connectivity index (χ1n) is 9.62. The molecule has 2 heterocycles. The zero-order valence-electron chi connectivity index (χ0n) is 16.3. The van der Waals surface area contributed by atoms with E-state index in [0.29, 0.717) is 13.0 Å². The molecular formula is C20H29N5O2. The van der Waals surface area contributed by atoms with Gasteiger partial charge in [-0.15, -0.1) is 5.10 Å². The second-order valence-electron chi connectivity index (χ2n) is 7.08. The van der Waals surface area contributed by atoms with Crippen molar-refractivity contribution in [2.75, 3.05) is 38.3 Å². The van der Waals surface area contributed by atoms with Crippen molar-refractivity contribution < 1.29 is 9.53 Å². The number of carbonyl (C=O) groups is 1. The summed E-state index contributed by atoms with van der Waals surface area (Å²) in [7, 11) is 1.72. The van der Waals surface area contributed by atoms with E-state index >= 15 is 0 Å². The van der Waals surface area contributed by atoms with Crippen LogP contribution in [0.2, 0.25) is 0 Å². The SMILES string of the molecule is CCC(=O)N(c1ccccc1)C1(COC)CCN(CCn2ccnn2)CC1. The highest BCUT2D eigenvalue weighted by molar-refractivity contribution is 5.94. The van der Waals surface area contributed by atoms with Crippen molar-refractivity contribution >= 4 is 11.6 Å². The van der Waals surface area contributed by atoms with Crippen LogP contribution in [0.5, 0.6) is 0 Å². The highest BCUT2D eigenvalue weighted by Crippen LogP contribution is 2.34. The van der Waals surface area contributed by atoms with E-state index in [0.717, 1.165) is 44.7 Å². The molecule has 1 saturated heterocycles. The van der Waals surface area contributed by atoms with Crippen LogP contribution in [0.1, 0.15) is 26.2 Å². The maximum Gasteiger partial charge on any atom is 0.227 e. The van der Waals surface area contributed by atoms with E-state index in [1.807, 2.05) is 53.0 Å². The molecule has 0 spiro atoms. The average molecular weight is 371 g/mol. The molecule has 0 N–H and O–H groups in total. The van der Waals surface area contributed by atoms with Crippen molar-refractivity contribution in [3.63, 3.8) is 0 Å². The van der Waals surface area contributed by atoms with Crippen molar-refractivity contribution in [2.45, 2.75) is 38.3 Å². The molecule has 0 atom stereocenters. The number of piperidine rings is 1. The molecule has 2 aromatic rings. The Balaban J connectivity index is 1.74. The van der Waals surface area contributed by atoms with E-state index in [1.54, 1.807) is 13.3 Å². The van der Waals surface area contributed by atoms with Gasteiger partial charge in [0.15, 0.2) is 0 Å². The van der Waals surface area contributed by atoms with E-state index in [2.05, 4.69) is 15.2 Å². The first-order chi connectivity index (χ1) is 13.2. The number of carbonyl (C=O) groups excluding carboxylic acids is 1. The molecule has 7 nitrogen and oxygen atoms in total. The molecule has 1 aromatic carbocycles. The normalized spacial score (nSPS) is 17.0. The van der Waals surface area contributed by atoms with Gasteiger partial charge in [0.05, 0.1) is 24.9 Å². The molecule has 1 amide bonds. The van der Waals surface area contributed by atoms with Gasteiger partial charge in [0.25, 0.3) is 0 Å². The molecular weight excluding hydrogens is 342 g/mol. The summed E-state index contributed by atoms with van der Waals surface area (Å²) in [6, 6.07) is 9.98. The van der Waals surface area contributed by atoms with Gasteiger partial charge in [-0.3, -0.25) is 9.48 Å². The fourth-order valence-electron chi connectivity index (χ4n) is 3.91. The fraction of sp³-hybridized carbons (Fsp3) is 0.550. The number of amides is 1. The number of hydrogen-bond donors (Lipinski definition) is 0. The van der Waals surface area contributed by atoms with Gasteiger partial charge >= 0.3 is 0 Å². The second-order valence-corrected chi connectivity index (χ2v) is 7.08. The number of ether oxygens (including phenoxy) is 1. The number of benzene rings is 1. The van der Waals surface area contributed by atoms with Crippen molar-refractivity contribution in [2.24, 2.45) is 0 Å². The Bertz CT molecular complexity index is 696. The quantitative estimate of drug-likeness (QED) is 0.712. The lowest BCUT2D eigenvalue weighted by Gasteiger charge is -2.48. The Morgan fingerprint density at radius 1 is 1.22 bits per heavy atom. The van der Waals surface area contributed by atoms with E-state index in [9.17, 15) is 4.79 Å². The zero-order chi connectivity index (χ0) is 19.1. The summed E-state index contributed by atoms with van der Waals surface area (Å²) in [6.45, 7) is 6.08. The number of nitrogens with zero attached hydrogens (tertiary/aromatic N) is 5. The standard InChI is InChI=1S/C20H29N5O2/c1-3-19(26)25(18-7-5-4-6-8-18)20(17-27-2)9-12-23(13-10-20)15-16-24-14-11-21-22-24/h4-8,11,14H,3,9-10,12-13,15-17H2,1-2H3. The van der Waals surface area contributed by atoms with Gasteiger partial charge in [-0.2, -0.15) is 0 Å². The number of anilines is 1. The zero-order valence-corrected chi connectivity index (χ0v) is 16.3. The van der Waals surface area contributed by atoms with Gasteiger partial charge in [-0.05, 0) is 25.0 Å². The van der Waals surface area contributed by atoms with Crippen LogP contribution in [0, 0.1) is 0 Å². The molecule has 0 saturated carbocycles. The number of likely N-dealkylation sites (tertiary alicyclic amines) is 1. The minimum atomic E-state index is -0.299. The predicted octanol–water partition coefficient (Wildman–Crippen LogP) is 2.20. The maximum atomic E-state index is 12.9. The molecule has 1 aromatic heterocycles. The van der Waals surface area contributed by atoms with E-state index < -0.39 is 0 Å². The number of methoxy groups -OCH3 is 1. The fourth-order valence-corrected chi connectivity index (χ4v) is 3.91. The predicted molar refractivity (Wildman–Crippen MR) is 105 cm³/mol. The Kier molecular flexibility index (Phi) is 6.58. The smallest absolute Gasteiger partial charge is 0.227 e. The van der Waals surface area contributed by atoms with Crippen molar-refractivity contribution in [1.29, 1.82) is 0 Å². The van der Waals surface area contributed by atoms with Crippen LogP contribution in [-0.2, 0) is 16.1 Å². The number of hydrogen-bond acceptors (Lipinski definition) is 5. The monoisotopic (exact) mass is 371 g/mol. The van der Waals surface area contributed by atoms with Gasteiger partial charge in [0, 0.05) is 45.0 Å². The molecule has 146 valence electrons. The summed E-state index contributed by atoms with van der Waals surface area (Å²) in [5.74, 6) is 0.148. The summed E-state index contributed by atoms with van der Waals surface area (Å²) in [4.78, 5) is 17.3. The Hall–Kier alpha value is -2.25. The summed E-state index contributed by atoms with van der Waals surface area (Å²) < 4.78 is 7.46. The van der Waals surface area contributed by atoms with Crippen LogP contribution in [0.15, 0.2) is 42.7 Å². The Morgan fingerprint density at radius 2 is 1.96 bits per heavy atom. The third kappa shape index (κ3) is 4.54. The largest absolute Gasteiger partial charge is 0.382 e. The first kappa shape index (κ1) is 19.5. The van der Waals surface area contributed by atoms with Crippen LogP contribution in [0.3, 0.4) is 0 Å². The lowest BCUT2D eigenvalue weighted by molar-refractivity contribution is -0.120. The number of rotatable bonds is 8. The van der Waals surface area contributed by atoms with Crippen LogP contribution < -0.4 is 4.90 Å². The van der Waals surface area contributed by atoms with Crippen LogP contribution in [0.25, 0.3) is 0 Å². The minimum Gasteiger partial charge on any atom is -0.382 e. The highest BCUT2D eigenvalue weighted by atomic mass is 16.5. The Morgan fingerprint density at radius 3 is 2.56 bits per heavy atom. The molecule has 1 fully saturated rings. The second kappa shape index (κ2) is 9.10. The lowest BCUT2D eigenvalue weighted by atomic mass is 9.85. The molecule has 0 radical (unpaired) electrons. The summed E-state index contributed by atoms with van der Waals surface area (Å²) >= 11 is 0. The van der Waals surface area contributed by atoms with Gasteiger partial charge in [0.2, 0.25) is 5.91 Å². The van der Waals surface area contributed by atoms with E-state index in [-0.39, 0.29) is 11.4 Å². The third-order valence-electron chi connectivity index (χ3n) is 5.36. The summed E-state index contributed by atoms with van der Waals surface area (Å²) in [6.07, 6.45) is 5.85. The number of para-hydroxylation sites is 1. The van der Waals surface area contributed by atoms with Gasteiger partial charge in [0.1, 0.15) is 0 Å². The van der Waals surface area contributed by atoms with Gasteiger partial charge in [-0.1, -0.05) is 30.3 Å². The molecule has 1 aliphatic rings. The molecule has 0 unspecified atom stereocenters. The summed E-state index contributed by atoms with van der Waals surface area (Å²) in [5.41, 5.74) is 0.657. The molecule has 1 aliphatic heterocycles.